The summed E-state index contributed by atoms with van der Waals surface area (Å²) in [6, 6.07) is 0. The molecule has 100 valence electrons. The van der Waals surface area contributed by atoms with Crippen molar-refractivity contribution in [1.82, 2.24) is 0 Å². The Balaban J connectivity index is 3.23. The van der Waals surface area contributed by atoms with Gasteiger partial charge in [-0.15, -0.1) is 6.58 Å². The van der Waals surface area contributed by atoms with Crippen LogP contribution >= 0.6 is 0 Å². The van der Waals surface area contributed by atoms with Crippen LogP contribution in [0.5, 0.6) is 0 Å². The molecule has 0 bridgehead atoms. The third-order valence-corrected chi connectivity index (χ3v) is 3.29. The molecule has 5 nitrogen and oxygen atoms in total. The highest BCUT2D eigenvalue weighted by molar-refractivity contribution is 5.94. The quantitative estimate of drug-likeness (QED) is 0.340. The van der Waals surface area contributed by atoms with Crippen LogP contribution in [0.2, 0.25) is 0 Å². The van der Waals surface area contributed by atoms with Gasteiger partial charge in [0.2, 0.25) is 5.60 Å². The normalized spacial score (nSPS) is 32.5. The minimum absolute atomic E-state index is 0.0976. The maximum atomic E-state index is 11.6. The van der Waals surface area contributed by atoms with Gasteiger partial charge in [-0.05, 0) is 6.92 Å². The fraction of sp³-hybridized carbons (Fsp3) is 0.538. The van der Waals surface area contributed by atoms with Crippen LogP contribution in [0.3, 0.4) is 0 Å². The highest BCUT2D eigenvalue weighted by Gasteiger charge is 2.61. The van der Waals surface area contributed by atoms with Crippen LogP contribution in [0.4, 0.5) is 0 Å². The molecule has 1 aliphatic rings. The van der Waals surface area contributed by atoms with E-state index in [0.29, 0.717) is 0 Å². The number of rotatable bonds is 4. The Bertz CT molecular complexity index is 423. The van der Waals surface area contributed by atoms with Crippen molar-refractivity contribution in [2.24, 2.45) is 11.3 Å². The van der Waals surface area contributed by atoms with Gasteiger partial charge in [0.1, 0.15) is 12.4 Å². The van der Waals surface area contributed by atoms with Gasteiger partial charge in [0.25, 0.3) is 0 Å². The molecule has 2 atom stereocenters. The number of hydrogen-bond donors (Lipinski definition) is 2. The van der Waals surface area contributed by atoms with E-state index in [4.69, 9.17) is 4.74 Å². The number of aliphatic hydroxyl groups excluding tert-OH is 1. The summed E-state index contributed by atoms with van der Waals surface area (Å²) in [4.78, 5) is 23.2. The number of hydrogen-bond acceptors (Lipinski definition) is 5. The van der Waals surface area contributed by atoms with E-state index in [2.05, 4.69) is 6.58 Å². The Morgan fingerprint density at radius 1 is 1.56 bits per heavy atom. The summed E-state index contributed by atoms with van der Waals surface area (Å²) < 4.78 is 4.77. The standard InChI is InChI=1S/C13H18O5/c1-5-12(4)7-18-11(16)13(12,17)10(15)6-9(14)8(2)3/h5-6,8,15,17H,1,7H2,2-4H3/b10-6-/t12-,13+/m0/s1. The Morgan fingerprint density at radius 3 is 2.56 bits per heavy atom. The molecule has 0 spiro atoms. The molecule has 1 aliphatic heterocycles. The summed E-state index contributed by atoms with van der Waals surface area (Å²) in [5.74, 6) is -2.41. The first kappa shape index (κ1) is 14.4. The molecule has 2 N–H and O–H groups in total. The molecule has 1 saturated heterocycles. The Morgan fingerprint density at radius 2 is 2.11 bits per heavy atom. The van der Waals surface area contributed by atoms with Gasteiger partial charge in [0, 0.05) is 12.0 Å². The third-order valence-electron chi connectivity index (χ3n) is 3.29. The van der Waals surface area contributed by atoms with Gasteiger partial charge in [-0.25, -0.2) is 4.79 Å². The second-order valence-electron chi connectivity index (χ2n) is 4.99. The van der Waals surface area contributed by atoms with Crippen LogP contribution in [0.15, 0.2) is 24.5 Å². The Labute approximate surface area is 106 Å². The largest absolute Gasteiger partial charge is 0.508 e. The van der Waals surface area contributed by atoms with Crippen molar-refractivity contribution in [2.75, 3.05) is 6.61 Å². The number of carbonyl (C=O) groups is 2. The van der Waals surface area contributed by atoms with E-state index < -0.39 is 22.7 Å². The van der Waals surface area contributed by atoms with Gasteiger partial charge >= 0.3 is 5.97 Å². The molecule has 18 heavy (non-hydrogen) atoms. The van der Waals surface area contributed by atoms with Crippen molar-refractivity contribution in [1.29, 1.82) is 0 Å². The first-order valence-electron chi connectivity index (χ1n) is 5.67. The van der Waals surface area contributed by atoms with Gasteiger partial charge in [-0.3, -0.25) is 4.79 Å². The number of ether oxygens (including phenoxy) is 1. The first-order valence-corrected chi connectivity index (χ1v) is 5.67. The van der Waals surface area contributed by atoms with Crippen molar-refractivity contribution in [3.8, 4) is 0 Å². The number of allylic oxidation sites excluding steroid dienone is 1. The van der Waals surface area contributed by atoms with Crippen LogP contribution in [0.1, 0.15) is 20.8 Å². The maximum absolute atomic E-state index is 11.6. The lowest BCUT2D eigenvalue weighted by atomic mass is 9.74. The number of esters is 1. The molecule has 0 aromatic rings. The molecular weight excluding hydrogens is 236 g/mol. The predicted octanol–water partition coefficient (Wildman–Crippen LogP) is 1.13. The first-order chi connectivity index (χ1) is 8.19. The number of cyclic esters (lactones) is 1. The van der Waals surface area contributed by atoms with Crippen molar-refractivity contribution < 1.29 is 24.5 Å². The second kappa shape index (κ2) is 4.57. The molecule has 1 rings (SSSR count). The fourth-order valence-electron chi connectivity index (χ4n) is 1.67. The van der Waals surface area contributed by atoms with E-state index >= 15 is 0 Å². The van der Waals surface area contributed by atoms with Crippen molar-refractivity contribution in [3.05, 3.63) is 24.5 Å². The van der Waals surface area contributed by atoms with Crippen LogP contribution < -0.4 is 0 Å². The van der Waals surface area contributed by atoms with Crippen LogP contribution in [0, 0.1) is 11.3 Å². The second-order valence-corrected chi connectivity index (χ2v) is 4.99. The van der Waals surface area contributed by atoms with Gasteiger partial charge in [-0.2, -0.15) is 0 Å². The summed E-state index contributed by atoms with van der Waals surface area (Å²) >= 11 is 0. The van der Waals surface area contributed by atoms with Crippen molar-refractivity contribution in [2.45, 2.75) is 26.4 Å². The average Bonchev–Trinajstić information content (AvgIpc) is 2.55. The lowest BCUT2D eigenvalue weighted by Gasteiger charge is -2.31. The van der Waals surface area contributed by atoms with Gasteiger partial charge in [-0.1, -0.05) is 19.9 Å². The summed E-state index contributed by atoms with van der Waals surface area (Å²) in [6.07, 6.45) is 2.21. The topological polar surface area (TPSA) is 83.8 Å². The third kappa shape index (κ3) is 1.95. The van der Waals surface area contributed by atoms with Crippen LogP contribution in [-0.2, 0) is 14.3 Å². The summed E-state index contributed by atoms with van der Waals surface area (Å²) in [5, 5.41) is 20.3. The summed E-state index contributed by atoms with van der Waals surface area (Å²) in [6.45, 7) is 8.25. The molecule has 0 radical (unpaired) electrons. The van der Waals surface area contributed by atoms with E-state index in [1.54, 1.807) is 13.8 Å². The van der Waals surface area contributed by atoms with E-state index in [-0.39, 0.29) is 18.3 Å². The maximum Gasteiger partial charge on any atom is 0.347 e. The molecule has 1 fully saturated rings. The number of carbonyl (C=O) groups excluding carboxylic acids is 2. The van der Waals surface area contributed by atoms with Crippen LogP contribution in [0.25, 0.3) is 0 Å². The lowest BCUT2D eigenvalue weighted by Crippen LogP contribution is -2.49. The fourth-order valence-corrected chi connectivity index (χ4v) is 1.67. The summed E-state index contributed by atoms with van der Waals surface area (Å²) in [7, 11) is 0. The Hall–Kier alpha value is -1.62. The predicted molar refractivity (Wildman–Crippen MR) is 64.8 cm³/mol. The molecule has 0 aliphatic carbocycles. The highest BCUT2D eigenvalue weighted by atomic mass is 16.6. The van der Waals surface area contributed by atoms with Crippen molar-refractivity contribution in [3.63, 3.8) is 0 Å². The molecule has 0 aromatic heterocycles. The van der Waals surface area contributed by atoms with E-state index in [1.807, 2.05) is 0 Å². The smallest absolute Gasteiger partial charge is 0.347 e. The molecule has 1 heterocycles. The van der Waals surface area contributed by atoms with E-state index in [9.17, 15) is 19.8 Å². The van der Waals surface area contributed by atoms with Crippen LogP contribution in [-0.4, -0.2) is 34.2 Å². The number of ketones is 1. The van der Waals surface area contributed by atoms with E-state index in [0.717, 1.165) is 6.08 Å². The molecule has 5 heteroatoms. The monoisotopic (exact) mass is 254 g/mol. The molecule has 0 amide bonds. The van der Waals surface area contributed by atoms with Gasteiger partial charge < -0.3 is 14.9 Å². The molecular formula is C13H18O5. The number of aliphatic hydroxyl groups is 2. The van der Waals surface area contributed by atoms with E-state index in [1.165, 1.54) is 13.0 Å². The zero-order valence-corrected chi connectivity index (χ0v) is 10.8. The minimum atomic E-state index is -2.25. The summed E-state index contributed by atoms with van der Waals surface area (Å²) in [5.41, 5.74) is -3.42. The zero-order valence-electron chi connectivity index (χ0n) is 10.8. The molecule has 0 aromatic carbocycles. The van der Waals surface area contributed by atoms with Gasteiger partial charge in [0.05, 0.1) is 5.41 Å². The van der Waals surface area contributed by atoms with Crippen molar-refractivity contribution >= 4 is 11.8 Å². The Kier molecular flexibility index (Phi) is 3.67. The van der Waals surface area contributed by atoms with Gasteiger partial charge in [0.15, 0.2) is 5.78 Å². The zero-order chi connectivity index (χ0) is 14.1. The lowest BCUT2D eigenvalue weighted by molar-refractivity contribution is -0.154. The molecule has 0 saturated carbocycles. The average molecular weight is 254 g/mol. The minimum Gasteiger partial charge on any atom is -0.508 e. The molecule has 0 unspecified atom stereocenters. The SMILES string of the molecule is C=C[C@@]1(C)COC(=O)[C@]1(O)/C(O)=C/C(=O)C(C)C. The highest BCUT2D eigenvalue weighted by Crippen LogP contribution is 2.43.